The summed E-state index contributed by atoms with van der Waals surface area (Å²) in [4.78, 5) is 31.3. The van der Waals surface area contributed by atoms with Crippen LogP contribution in [0.25, 0.3) is 0 Å². The number of rotatable bonds is 9. The lowest BCUT2D eigenvalue weighted by Crippen LogP contribution is -2.49. The molecule has 0 aliphatic heterocycles. The number of nitrogens with zero attached hydrogens (tertiary/aromatic N) is 2. The molecule has 1 unspecified atom stereocenters. The molecule has 2 aliphatic rings. The third-order valence-corrected chi connectivity index (χ3v) is 9.01. The Morgan fingerprint density at radius 1 is 1.05 bits per heavy atom. The normalized spacial score (nSPS) is 19.0. The van der Waals surface area contributed by atoms with Crippen LogP contribution in [0.15, 0.2) is 55.0 Å². The Kier molecular flexibility index (Phi) is 9.06. The maximum atomic E-state index is 14.5. The summed E-state index contributed by atoms with van der Waals surface area (Å²) in [5, 5.41) is 9.52. The van der Waals surface area contributed by atoms with Crippen LogP contribution in [0.1, 0.15) is 82.0 Å². The number of amides is 2. The molecule has 0 radical (unpaired) electrons. The largest absolute Gasteiger partial charge is 0.351 e. The molecule has 1 heterocycles. The molecule has 1 saturated carbocycles. The van der Waals surface area contributed by atoms with E-state index in [1.807, 2.05) is 44.2 Å². The highest BCUT2D eigenvalue weighted by atomic mass is 19.1. The van der Waals surface area contributed by atoms with Crippen molar-refractivity contribution in [3.8, 4) is 0 Å². The predicted molar refractivity (Wildman–Crippen MR) is 159 cm³/mol. The number of aryl methyl sites for hydroxylation is 1. The van der Waals surface area contributed by atoms with Crippen LogP contribution in [0.3, 0.4) is 0 Å². The third kappa shape index (κ3) is 6.72. The minimum Gasteiger partial charge on any atom is -0.351 e. The van der Waals surface area contributed by atoms with E-state index in [9.17, 15) is 18.4 Å². The van der Waals surface area contributed by atoms with Crippen LogP contribution in [0, 0.1) is 17.6 Å². The predicted octanol–water partition coefficient (Wildman–Crippen LogP) is 5.81. The van der Waals surface area contributed by atoms with E-state index in [1.165, 1.54) is 25.3 Å². The van der Waals surface area contributed by atoms with E-state index < -0.39 is 23.2 Å². The lowest BCUT2D eigenvalue weighted by molar-refractivity contribution is -0.129. The first-order valence-corrected chi connectivity index (χ1v) is 15.1. The van der Waals surface area contributed by atoms with Gasteiger partial charge in [-0.15, -0.1) is 0 Å². The molecule has 2 aliphatic carbocycles. The van der Waals surface area contributed by atoms with Crippen LogP contribution in [0.2, 0.25) is 0 Å². The molecule has 2 amide bonds. The van der Waals surface area contributed by atoms with Crippen LogP contribution in [0.4, 0.5) is 14.6 Å². The first-order valence-electron chi connectivity index (χ1n) is 15.1. The van der Waals surface area contributed by atoms with Gasteiger partial charge in [0.25, 0.3) is 0 Å². The minimum absolute atomic E-state index is 0.0932. The lowest BCUT2D eigenvalue weighted by Gasteiger charge is -2.32. The molecule has 42 heavy (non-hydrogen) atoms. The van der Waals surface area contributed by atoms with Crippen molar-refractivity contribution in [1.82, 2.24) is 20.2 Å². The Labute approximate surface area is 246 Å². The van der Waals surface area contributed by atoms with E-state index in [2.05, 4.69) is 27.9 Å². The molecule has 9 heteroatoms. The van der Waals surface area contributed by atoms with Crippen LogP contribution in [0.5, 0.6) is 0 Å². The standard InChI is InChI=1S/C33H41F2N5O2/c1-21(22-10-6-4-7-11-22)37-32(42)33(2,3)40-19-29(36-20-40)39-31(41)30(23-12-8-5-9-13-23)38-26-15-14-24-16-25(34)17-28(35)27(24)18-26/h5,8-9,12-13,16-17,19-22,26,30,38H,4,6-7,10-11,14-15,18H2,1-3H3,(H,37,42)(H,39,41)/t21-,26?,30+/m1/s1. The van der Waals surface area contributed by atoms with E-state index in [0.717, 1.165) is 24.5 Å². The monoisotopic (exact) mass is 577 g/mol. The van der Waals surface area contributed by atoms with Gasteiger partial charge in [-0.25, -0.2) is 13.8 Å². The topological polar surface area (TPSA) is 88.1 Å². The zero-order valence-corrected chi connectivity index (χ0v) is 24.6. The number of anilines is 1. The van der Waals surface area contributed by atoms with Gasteiger partial charge in [0, 0.05) is 24.3 Å². The van der Waals surface area contributed by atoms with E-state index in [1.54, 1.807) is 17.1 Å². The number of hydrogen-bond acceptors (Lipinski definition) is 4. The van der Waals surface area contributed by atoms with Crippen molar-refractivity contribution in [1.29, 1.82) is 0 Å². The molecule has 224 valence electrons. The first kappa shape index (κ1) is 29.9. The van der Waals surface area contributed by atoms with Crippen molar-refractivity contribution in [2.24, 2.45) is 5.92 Å². The van der Waals surface area contributed by atoms with Gasteiger partial charge in [-0.05, 0) is 81.5 Å². The number of fused-ring (bicyclic) bond motifs is 1. The molecule has 0 bridgehead atoms. The van der Waals surface area contributed by atoms with Crippen molar-refractivity contribution < 1.29 is 18.4 Å². The highest BCUT2D eigenvalue weighted by Crippen LogP contribution is 2.29. The minimum atomic E-state index is -0.908. The zero-order chi connectivity index (χ0) is 29.9. The Balaban J connectivity index is 1.27. The average molecular weight is 578 g/mol. The van der Waals surface area contributed by atoms with Gasteiger partial charge >= 0.3 is 0 Å². The van der Waals surface area contributed by atoms with Gasteiger partial charge in [0.1, 0.15) is 23.2 Å². The summed E-state index contributed by atoms with van der Waals surface area (Å²) >= 11 is 0. The highest BCUT2D eigenvalue weighted by molar-refractivity contribution is 5.95. The van der Waals surface area contributed by atoms with Crippen molar-refractivity contribution in [2.75, 3.05) is 5.32 Å². The Morgan fingerprint density at radius 3 is 2.52 bits per heavy atom. The fourth-order valence-corrected chi connectivity index (χ4v) is 6.28. The number of halogens is 2. The second kappa shape index (κ2) is 12.7. The van der Waals surface area contributed by atoms with Gasteiger partial charge in [0.05, 0.1) is 6.33 Å². The SMILES string of the molecule is C[C@@H](NC(=O)C(C)(C)n1cnc(NC(=O)[C@@H](NC2CCc3cc(F)cc(F)c3C2)c2ccccc2)c1)C1CCCCC1. The number of carbonyl (C=O) groups is 2. The molecule has 5 rings (SSSR count). The number of imidazole rings is 1. The summed E-state index contributed by atoms with van der Waals surface area (Å²) in [6.45, 7) is 5.75. The third-order valence-electron chi connectivity index (χ3n) is 9.01. The second-order valence-electron chi connectivity index (χ2n) is 12.4. The first-order chi connectivity index (χ1) is 20.1. The van der Waals surface area contributed by atoms with Crippen LogP contribution in [-0.2, 0) is 28.0 Å². The van der Waals surface area contributed by atoms with Gasteiger partial charge in [0.15, 0.2) is 5.82 Å². The van der Waals surface area contributed by atoms with Gasteiger partial charge < -0.3 is 15.2 Å². The summed E-state index contributed by atoms with van der Waals surface area (Å²) in [5.41, 5.74) is 1.02. The number of nitrogens with one attached hydrogen (secondary N) is 3. The Bertz CT molecular complexity index is 1400. The van der Waals surface area contributed by atoms with Crippen LogP contribution < -0.4 is 16.0 Å². The molecule has 3 atom stereocenters. The van der Waals surface area contributed by atoms with Crippen molar-refractivity contribution in [3.63, 3.8) is 0 Å². The number of hydrogen-bond donors (Lipinski definition) is 3. The second-order valence-corrected chi connectivity index (χ2v) is 12.4. The lowest BCUT2D eigenvalue weighted by atomic mass is 9.84. The summed E-state index contributed by atoms with van der Waals surface area (Å²) in [7, 11) is 0. The Hall–Kier alpha value is -3.59. The Morgan fingerprint density at radius 2 is 1.79 bits per heavy atom. The van der Waals surface area contributed by atoms with Crippen molar-refractivity contribution in [2.45, 2.75) is 95.8 Å². The highest BCUT2D eigenvalue weighted by Gasteiger charge is 2.33. The molecule has 0 spiro atoms. The van der Waals surface area contributed by atoms with Crippen LogP contribution >= 0.6 is 0 Å². The molecule has 7 nitrogen and oxygen atoms in total. The summed E-state index contributed by atoms with van der Waals surface area (Å²) < 4.78 is 30.0. The number of benzene rings is 2. The van der Waals surface area contributed by atoms with Gasteiger partial charge in [-0.1, -0.05) is 49.6 Å². The number of aromatic nitrogens is 2. The summed E-state index contributed by atoms with van der Waals surface area (Å²) in [5.74, 6) is -0.705. The smallest absolute Gasteiger partial charge is 0.247 e. The van der Waals surface area contributed by atoms with Gasteiger partial charge in [0.2, 0.25) is 11.8 Å². The average Bonchev–Trinajstić information content (AvgIpc) is 3.46. The summed E-state index contributed by atoms with van der Waals surface area (Å²) in [6.07, 6.45) is 10.7. The molecule has 0 saturated heterocycles. The van der Waals surface area contributed by atoms with Gasteiger partial charge in [-0.3, -0.25) is 14.9 Å². The quantitative estimate of drug-likeness (QED) is 0.300. The van der Waals surface area contributed by atoms with Crippen molar-refractivity contribution >= 4 is 17.6 Å². The van der Waals surface area contributed by atoms with Gasteiger partial charge in [-0.2, -0.15) is 0 Å². The maximum absolute atomic E-state index is 14.5. The fourth-order valence-electron chi connectivity index (χ4n) is 6.28. The maximum Gasteiger partial charge on any atom is 0.247 e. The fraction of sp³-hybridized carbons (Fsp3) is 0.485. The molecule has 2 aromatic carbocycles. The van der Waals surface area contributed by atoms with E-state index in [4.69, 9.17) is 0 Å². The molecule has 3 aromatic rings. The van der Waals surface area contributed by atoms with E-state index >= 15 is 0 Å². The van der Waals surface area contributed by atoms with Crippen LogP contribution in [-0.4, -0.2) is 33.4 Å². The molecule has 1 aromatic heterocycles. The molecule has 3 N–H and O–H groups in total. The molecule has 1 fully saturated rings. The summed E-state index contributed by atoms with van der Waals surface area (Å²) in [6, 6.07) is 10.8. The molecular weight excluding hydrogens is 536 g/mol. The van der Waals surface area contributed by atoms with E-state index in [0.29, 0.717) is 42.1 Å². The molecular formula is C33H41F2N5O2. The number of carbonyl (C=O) groups excluding carboxylic acids is 2. The van der Waals surface area contributed by atoms with E-state index in [-0.39, 0.29) is 23.9 Å². The zero-order valence-electron chi connectivity index (χ0n) is 24.6. The van der Waals surface area contributed by atoms with Crippen molar-refractivity contribution in [3.05, 3.63) is 83.3 Å².